The van der Waals surface area contributed by atoms with Crippen LogP contribution in [0.4, 0.5) is 0 Å². The lowest BCUT2D eigenvalue weighted by atomic mass is 10.3. The second-order valence-corrected chi connectivity index (χ2v) is 5.55. The molecule has 0 bridgehead atoms. The van der Waals surface area contributed by atoms with E-state index in [1.807, 2.05) is 31.1 Å². The molecular weight excluding hydrogens is 232 g/mol. The fraction of sp³-hybridized carbons (Fsp3) is 0.600. The molecule has 0 fully saturated rings. The van der Waals surface area contributed by atoms with E-state index in [0.29, 0.717) is 13.1 Å². The molecule has 86 valence electrons. The molecule has 0 aliphatic rings. The molecule has 5 heteroatoms. The van der Waals surface area contributed by atoms with Crippen molar-refractivity contribution in [3.63, 3.8) is 0 Å². The van der Waals surface area contributed by atoms with Gasteiger partial charge in [0.25, 0.3) is 0 Å². The fourth-order valence-corrected chi connectivity index (χ4v) is 2.35. The van der Waals surface area contributed by atoms with Crippen LogP contribution in [0.5, 0.6) is 0 Å². The Morgan fingerprint density at radius 2 is 2.27 bits per heavy atom. The van der Waals surface area contributed by atoms with E-state index in [4.69, 9.17) is 11.6 Å². The van der Waals surface area contributed by atoms with Gasteiger partial charge in [-0.25, -0.2) is 0 Å². The Morgan fingerprint density at radius 1 is 1.53 bits per heavy atom. The minimum atomic E-state index is -0.324. The van der Waals surface area contributed by atoms with Gasteiger partial charge in [-0.3, -0.25) is 0 Å². The normalized spacial score (nSPS) is 13.4. The molecule has 3 nitrogen and oxygen atoms in total. The number of aliphatic hydroxyl groups excluding tert-OH is 1. The van der Waals surface area contributed by atoms with Crippen LogP contribution in [-0.2, 0) is 6.54 Å². The maximum absolute atomic E-state index is 9.58. The molecule has 0 amide bonds. The molecule has 1 unspecified atom stereocenters. The van der Waals surface area contributed by atoms with Gasteiger partial charge in [0.05, 0.1) is 10.4 Å². The molecule has 0 saturated heterocycles. The van der Waals surface area contributed by atoms with Gasteiger partial charge in [-0.15, -0.1) is 11.3 Å². The van der Waals surface area contributed by atoms with Gasteiger partial charge in [-0.2, -0.15) is 0 Å². The van der Waals surface area contributed by atoms with Crippen LogP contribution in [0.25, 0.3) is 0 Å². The molecule has 0 spiro atoms. The minimum absolute atomic E-state index is 0.324. The average molecular weight is 249 g/mol. The number of hydrogen-bond acceptors (Lipinski definition) is 4. The molecule has 1 aromatic rings. The zero-order chi connectivity index (χ0) is 11.3. The van der Waals surface area contributed by atoms with E-state index in [9.17, 15) is 5.11 Å². The highest BCUT2D eigenvalue weighted by Gasteiger charge is 2.05. The summed E-state index contributed by atoms with van der Waals surface area (Å²) in [5.41, 5.74) is 0. The average Bonchev–Trinajstić information content (AvgIpc) is 2.50. The lowest BCUT2D eigenvalue weighted by molar-refractivity contribution is 0.134. The van der Waals surface area contributed by atoms with E-state index in [2.05, 4.69) is 5.32 Å². The topological polar surface area (TPSA) is 35.5 Å². The highest BCUT2D eigenvalue weighted by Crippen LogP contribution is 2.20. The summed E-state index contributed by atoms with van der Waals surface area (Å²) in [6, 6.07) is 3.89. The number of likely N-dealkylation sites (N-methyl/N-ethyl adjacent to an activating group) is 1. The van der Waals surface area contributed by atoms with Crippen molar-refractivity contribution >= 4 is 22.9 Å². The van der Waals surface area contributed by atoms with Crippen molar-refractivity contribution in [2.24, 2.45) is 0 Å². The maximum atomic E-state index is 9.58. The molecule has 1 rings (SSSR count). The van der Waals surface area contributed by atoms with Crippen molar-refractivity contribution in [1.82, 2.24) is 10.2 Å². The van der Waals surface area contributed by atoms with Gasteiger partial charge in [-0.1, -0.05) is 11.6 Å². The van der Waals surface area contributed by atoms with Gasteiger partial charge in [-0.05, 0) is 26.2 Å². The minimum Gasteiger partial charge on any atom is -0.390 e. The predicted octanol–water partition coefficient (Wildman–Crippen LogP) is 1.41. The molecule has 0 aliphatic heterocycles. The van der Waals surface area contributed by atoms with Crippen molar-refractivity contribution in [3.05, 3.63) is 21.3 Å². The molecule has 1 aromatic heterocycles. The van der Waals surface area contributed by atoms with Crippen LogP contribution in [0.3, 0.4) is 0 Å². The Bertz CT molecular complexity index is 291. The summed E-state index contributed by atoms with van der Waals surface area (Å²) in [6.45, 7) is 2.05. The quantitative estimate of drug-likeness (QED) is 0.799. The Kier molecular flexibility index (Phi) is 5.56. The van der Waals surface area contributed by atoms with Crippen molar-refractivity contribution in [3.8, 4) is 0 Å². The van der Waals surface area contributed by atoms with Gasteiger partial charge in [0, 0.05) is 24.5 Å². The van der Waals surface area contributed by atoms with Crippen LogP contribution in [0.1, 0.15) is 4.88 Å². The molecule has 1 heterocycles. The van der Waals surface area contributed by atoms with Crippen LogP contribution in [0, 0.1) is 0 Å². The Hall–Kier alpha value is -0.130. The number of nitrogens with zero attached hydrogens (tertiary/aromatic N) is 1. The standard InChI is InChI=1S/C10H17ClN2OS/c1-13(2)7-8(14)5-12-6-9-3-4-10(11)15-9/h3-4,8,12,14H,5-7H2,1-2H3. The number of halogens is 1. The molecule has 15 heavy (non-hydrogen) atoms. The van der Waals surface area contributed by atoms with Crippen LogP contribution >= 0.6 is 22.9 Å². The maximum Gasteiger partial charge on any atom is 0.0931 e. The first-order valence-corrected chi connectivity index (χ1v) is 6.05. The van der Waals surface area contributed by atoms with E-state index in [-0.39, 0.29) is 6.10 Å². The summed E-state index contributed by atoms with van der Waals surface area (Å²) in [4.78, 5) is 3.16. The van der Waals surface area contributed by atoms with E-state index in [1.165, 1.54) is 4.88 Å². The monoisotopic (exact) mass is 248 g/mol. The van der Waals surface area contributed by atoms with E-state index in [1.54, 1.807) is 11.3 Å². The lowest BCUT2D eigenvalue weighted by Gasteiger charge is -2.16. The first kappa shape index (κ1) is 12.9. The van der Waals surface area contributed by atoms with Crippen molar-refractivity contribution in [1.29, 1.82) is 0 Å². The molecule has 0 aliphatic carbocycles. The van der Waals surface area contributed by atoms with Gasteiger partial charge in [0.1, 0.15) is 0 Å². The molecule has 2 N–H and O–H groups in total. The summed E-state index contributed by atoms with van der Waals surface area (Å²) >= 11 is 7.37. The molecule has 1 atom stereocenters. The van der Waals surface area contributed by atoms with Crippen molar-refractivity contribution < 1.29 is 5.11 Å². The number of thiophene rings is 1. The second-order valence-electron chi connectivity index (χ2n) is 3.75. The van der Waals surface area contributed by atoms with Crippen LogP contribution in [0.15, 0.2) is 12.1 Å². The Labute approximate surface area is 99.7 Å². The van der Waals surface area contributed by atoms with Gasteiger partial charge in [0.2, 0.25) is 0 Å². The van der Waals surface area contributed by atoms with E-state index in [0.717, 1.165) is 10.9 Å². The lowest BCUT2D eigenvalue weighted by Crippen LogP contribution is -2.34. The number of hydrogen-bond donors (Lipinski definition) is 2. The summed E-state index contributed by atoms with van der Waals surface area (Å²) < 4.78 is 0.806. The van der Waals surface area contributed by atoms with Crippen molar-refractivity contribution in [2.75, 3.05) is 27.2 Å². The smallest absolute Gasteiger partial charge is 0.0931 e. The number of nitrogens with one attached hydrogen (secondary N) is 1. The van der Waals surface area contributed by atoms with Gasteiger partial charge < -0.3 is 15.3 Å². The molecule has 0 saturated carbocycles. The molecule has 0 radical (unpaired) electrons. The third-order valence-corrected chi connectivity index (χ3v) is 3.12. The van der Waals surface area contributed by atoms with E-state index < -0.39 is 0 Å². The Balaban J connectivity index is 2.16. The molecule has 0 aromatic carbocycles. The number of rotatable bonds is 6. The summed E-state index contributed by atoms with van der Waals surface area (Å²) in [5, 5.41) is 12.8. The predicted molar refractivity (Wildman–Crippen MR) is 65.6 cm³/mol. The third-order valence-electron chi connectivity index (χ3n) is 1.88. The van der Waals surface area contributed by atoms with Crippen LogP contribution in [-0.4, -0.2) is 43.3 Å². The zero-order valence-corrected chi connectivity index (χ0v) is 10.6. The fourth-order valence-electron chi connectivity index (χ4n) is 1.29. The van der Waals surface area contributed by atoms with Crippen molar-refractivity contribution in [2.45, 2.75) is 12.6 Å². The summed E-state index contributed by atoms with van der Waals surface area (Å²) in [6.07, 6.45) is -0.324. The third kappa shape index (κ3) is 5.49. The number of aliphatic hydroxyl groups is 1. The highest BCUT2D eigenvalue weighted by atomic mass is 35.5. The Morgan fingerprint density at radius 3 is 2.80 bits per heavy atom. The molecular formula is C10H17ClN2OS. The summed E-state index contributed by atoms with van der Waals surface area (Å²) in [5.74, 6) is 0. The van der Waals surface area contributed by atoms with Gasteiger partial charge in [0.15, 0.2) is 0 Å². The van der Waals surface area contributed by atoms with E-state index >= 15 is 0 Å². The van der Waals surface area contributed by atoms with Gasteiger partial charge >= 0.3 is 0 Å². The SMILES string of the molecule is CN(C)CC(O)CNCc1ccc(Cl)s1. The first-order chi connectivity index (χ1) is 7.08. The largest absolute Gasteiger partial charge is 0.390 e. The zero-order valence-electron chi connectivity index (χ0n) is 9.03. The highest BCUT2D eigenvalue weighted by molar-refractivity contribution is 7.16. The van der Waals surface area contributed by atoms with Crippen LogP contribution < -0.4 is 5.32 Å². The second kappa shape index (κ2) is 6.45. The first-order valence-electron chi connectivity index (χ1n) is 4.85. The van der Waals surface area contributed by atoms with Crippen LogP contribution in [0.2, 0.25) is 4.34 Å². The summed E-state index contributed by atoms with van der Waals surface area (Å²) in [7, 11) is 3.89.